The van der Waals surface area contributed by atoms with Crippen molar-refractivity contribution in [2.75, 3.05) is 0 Å². The van der Waals surface area contributed by atoms with E-state index in [9.17, 15) is 5.11 Å². The number of hydrogen-bond acceptors (Lipinski definition) is 3. The van der Waals surface area contributed by atoms with Gasteiger partial charge in [-0.2, -0.15) is 0 Å². The Balaban J connectivity index is 4.53. The Morgan fingerprint density at radius 1 is 1.44 bits per heavy atom. The SMILES string of the molecule is C=C/C=C(\C=C(/C)CC(O)OC(C)(C)S)CC=C. The molecule has 0 aliphatic rings. The Morgan fingerprint density at radius 3 is 2.50 bits per heavy atom. The Bertz CT molecular complexity index is 335. The van der Waals surface area contributed by atoms with Gasteiger partial charge < -0.3 is 9.84 Å². The molecule has 0 bridgehead atoms. The van der Waals surface area contributed by atoms with Crippen LogP contribution in [0.4, 0.5) is 0 Å². The summed E-state index contributed by atoms with van der Waals surface area (Å²) in [6.07, 6.45) is 7.91. The fourth-order valence-electron chi connectivity index (χ4n) is 1.52. The molecule has 3 heteroatoms. The van der Waals surface area contributed by atoms with E-state index in [-0.39, 0.29) is 0 Å². The first kappa shape index (κ1) is 17.2. The third-order valence-electron chi connectivity index (χ3n) is 2.06. The van der Waals surface area contributed by atoms with Gasteiger partial charge in [-0.15, -0.1) is 19.2 Å². The van der Waals surface area contributed by atoms with Gasteiger partial charge in [0.25, 0.3) is 0 Å². The molecule has 0 aliphatic carbocycles. The van der Waals surface area contributed by atoms with E-state index in [2.05, 4.69) is 25.8 Å². The lowest BCUT2D eigenvalue weighted by Gasteiger charge is -2.23. The van der Waals surface area contributed by atoms with Crippen molar-refractivity contribution >= 4 is 12.6 Å². The summed E-state index contributed by atoms with van der Waals surface area (Å²) in [5, 5.41) is 9.76. The van der Waals surface area contributed by atoms with E-state index >= 15 is 0 Å². The molecule has 0 amide bonds. The second-order valence-corrected chi connectivity index (χ2v) is 5.76. The fraction of sp³-hybridized carbons (Fsp3) is 0.467. The van der Waals surface area contributed by atoms with Gasteiger partial charge >= 0.3 is 0 Å². The van der Waals surface area contributed by atoms with Crippen molar-refractivity contribution in [3.63, 3.8) is 0 Å². The van der Waals surface area contributed by atoms with Crippen molar-refractivity contribution in [3.8, 4) is 0 Å². The molecule has 0 saturated carbocycles. The van der Waals surface area contributed by atoms with Gasteiger partial charge in [0, 0.05) is 6.42 Å². The van der Waals surface area contributed by atoms with Crippen molar-refractivity contribution in [1.29, 1.82) is 0 Å². The van der Waals surface area contributed by atoms with E-state index in [0.29, 0.717) is 6.42 Å². The maximum atomic E-state index is 9.76. The van der Waals surface area contributed by atoms with E-state index in [1.54, 1.807) is 19.9 Å². The highest BCUT2D eigenvalue weighted by molar-refractivity contribution is 7.81. The van der Waals surface area contributed by atoms with Crippen LogP contribution in [-0.2, 0) is 4.74 Å². The van der Waals surface area contributed by atoms with Crippen LogP contribution in [0, 0.1) is 0 Å². The van der Waals surface area contributed by atoms with Gasteiger partial charge in [-0.1, -0.05) is 36.5 Å². The van der Waals surface area contributed by atoms with Gasteiger partial charge in [-0.05, 0) is 32.8 Å². The van der Waals surface area contributed by atoms with E-state index in [1.807, 2.05) is 25.2 Å². The van der Waals surface area contributed by atoms with Crippen molar-refractivity contribution in [3.05, 3.63) is 48.6 Å². The van der Waals surface area contributed by atoms with E-state index in [0.717, 1.165) is 17.6 Å². The lowest BCUT2D eigenvalue weighted by molar-refractivity contribution is -0.135. The lowest BCUT2D eigenvalue weighted by Crippen LogP contribution is -2.25. The van der Waals surface area contributed by atoms with Crippen LogP contribution >= 0.6 is 12.6 Å². The predicted molar refractivity (Wildman–Crippen MR) is 81.6 cm³/mol. The predicted octanol–water partition coefficient (Wildman–Crippen LogP) is 4.01. The summed E-state index contributed by atoms with van der Waals surface area (Å²) < 4.78 is 5.33. The molecule has 0 spiro atoms. The Morgan fingerprint density at radius 2 is 2.06 bits per heavy atom. The van der Waals surface area contributed by atoms with Crippen LogP contribution in [0.25, 0.3) is 0 Å². The van der Waals surface area contributed by atoms with Crippen LogP contribution in [0.15, 0.2) is 48.6 Å². The molecule has 18 heavy (non-hydrogen) atoms. The summed E-state index contributed by atoms with van der Waals surface area (Å²) in [5.74, 6) is 0. The Kier molecular flexibility index (Phi) is 8.00. The average molecular weight is 268 g/mol. The molecule has 0 fully saturated rings. The second kappa shape index (κ2) is 8.35. The molecule has 1 atom stereocenters. The van der Waals surface area contributed by atoms with Crippen LogP contribution in [-0.4, -0.2) is 16.3 Å². The third-order valence-corrected chi connectivity index (χ3v) is 2.17. The summed E-state index contributed by atoms with van der Waals surface area (Å²) in [7, 11) is 0. The topological polar surface area (TPSA) is 29.5 Å². The molecular weight excluding hydrogens is 244 g/mol. The van der Waals surface area contributed by atoms with Crippen LogP contribution in [0.5, 0.6) is 0 Å². The first-order chi connectivity index (χ1) is 8.28. The Labute approximate surface area is 116 Å². The van der Waals surface area contributed by atoms with Crippen LogP contribution in [0.1, 0.15) is 33.6 Å². The monoisotopic (exact) mass is 268 g/mol. The number of hydrogen-bond donors (Lipinski definition) is 2. The number of aliphatic hydroxyl groups excluding tert-OH is 1. The molecule has 0 aromatic carbocycles. The minimum Gasteiger partial charge on any atom is -0.368 e. The normalized spacial score (nSPS) is 15.4. The summed E-state index contributed by atoms with van der Waals surface area (Å²) >= 11 is 4.21. The van der Waals surface area contributed by atoms with Gasteiger partial charge in [0.05, 0.1) is 0 Å². The molecule has 0 aliphatic heterocycles. The molecular formula is C15H24O2S. The maximum absolute atomic E-state index is 9.76. The zero-order valence-electron chi connectivity index (χ0n) is 11.5. The number of rotatable bonds is 8. The summed E-state index contributed by atoms with van der Waals surface area (Å²) in [6.45, 7) is 12.9. The first-order valence-corrected chi connectivity index (χ1v) is 6.41. The fourth-order valence-corrected chi connectivity index (χ4v) is 1.64. The number of allylic oxidation sites excluding steroid dienone is 5. The van der Waals surface area contributed by atoms with E-state index < -0.39 is 11.2 Å². The third kappa shape index (κ3) is 9.28. The smallest absolute Gasteiger partial charge is 0.160 e. The molecule has 0 rings (SSSR count). The minimum atomic E-state index is -0.845. The summed E-state index contributed by atoms with van der Waals surface area (Å²) in [6, 6.07) is 0. The molecule has 0 aromatic rings. The molecule has 1 unspecified atom stereocenters. The molecule has 0 heterocycles. The first-order valence-electron chi connectivity index (χ1n) is 5.96. The van der Waals surface area contributed by atoms with E-state index in [4.69, 9.17) is 4.74 Å². The highest BCUT2D eigenvalue weighted by Crippen LogP contribution is 2.19. The number of aliphatic hydroxyl groups is 1. The largest absolute Gasteiger partial charge is 0.368 e. The van der Waals surface area contributed by atoms with E-state index in [1.165, 1.54) is 0 Å². The summed E-state index contributed by atoms with van der Waals surface area (Å²) in [4.78, 5) is -0.638. The number of ether oxygens (including phenoxy) is 1. The quantitative estimate of drug-likeness (QED) is 0.301. The molecule has 0 radical (unpaired) electrons. The Hall–Kier alpha value is -0.770. The molecule has 102 valence electrons. The zero-order chi connectivity index (χ0) is 14.2. The highest BCUT2D eigenvalue weighted by Gasteiger charge is 2.17. The van der Waals surface area contributed by atoms with Crippen molar-refractivity contribution in [1.82, 2.24) is 0 Å². The molecule has 0 saturated heterocycles. The van der Waals surface area contributed by atoms with Crippen LogP contribution < -0.4 is 0 Å². The molecule has 2 nitrogen and oxygen atoms in total. The van der Waals surface area contributed by atoms with Crippen molar-refractivity contribution < 1.29 is 9.84 Å². The van der Waals surface area contributed by atoms with Crippen molar-refractivity contribution in [2.24, 2.45) is 0 Å². The second-order valence-electron chi connectivity index (χ2n) is 4.68. The van der Waals surface area contributed by atoms with Crippen LogP contribution in [0.3, 0.4) is 0 Å². The number of thiol groups is 1. The maximum Gasteiger partial charge on any atom is 0.160 e. The van der Waals surface area contributed by atoms with Gasteiger partial charge in [0.2, 0.25) is 0 Å². The highest BCUT2D eigenvalue weighted by atomic mass is 32.1. The van der Waals surface area contributed by atoms with Crippen LogP contribution in [0.2, 0.25) is 0 Å². The summed E-state index contributed by atoms with van der Waals surface area (Å²) in [5.41, 5.74) is 2.14. The molecule has 1 N–H and O–H groups in total. The van der Waals surface area contributed by atoms with Gasteiger partial charge in [0.15, 0.2) is 6.29 Å². The van der Waals surface area contributed by atoms with Gasteiger partial charge in [-0.25, -0.2) is 0 Å². The lowest BCUT2D eigenvalue weighted by atomic mass is 10.1. The molecule has 0 aromatic heterocycles. The van der Waals surface area contributed by atoms with Gasteiger partial charge in [-0.3, -0.25) is 0 Å². The standard InChI is InChI=1S/C15H24O2S/c1-6-8-13(9-7-2)10-12(3)11-14(16)17-15(4,5)18/h6-8,10,14,16,18H,1-2,9,11H2,3-5H3/b12-10+,13-8-. The van der Waals surface area contributed by atoms with Gasteiger partial charge in [0.1, 0.15) is 4.93 Å². The van der Waals surface area contributed by atoms with Crippen molar-refractivity contribution in [2.45, 2.75) is 44.8 Å². The minimum absolute atomic E-state index is 0.454. The average Bonchev–Trinajstić information content (AvgIpc) is 2.14. The zero-order valence-corrected chi connectivity index (χ0v) is 12.4.